The minimum Gasteiger partial charge on any atom is -0.300 e. The third-order valence-electron chi connectivity index (χ3n) is 2.91. The monoisotopic (exact) mass is 365 g/mol. The van der Waals surface area contributed by atoms with Crippen molar-refractivity contribution in [1.82, 2.24) is 9.97 Å². The zero-order valence-electron chi connectivity index (χ0n) is 11.6. The quantitative estimate of drug-likeness (QED) is 0.383. The Balaban J connectivity index is 3.03. The van der Waals surface area contributed by atoms with Crippen molar-refractivity contribution in [3.63, 3.8) is 0 Å². The predicted octanol–water partition coefficient (Wildman–Crippen LogP) is 3.47. The number of rotatable bonds is 2. The van der Waals surface area contributed by atoms with Crippen molar-refractivity contribution in [2.24, 2.45) is 0 Å². The van der Waals surface area contributed by atoms with Crippen molar-refractivity contribution in [2.45, 2.75) is 11.3 Å². The van der Waals surface area contributed by atoms with Gasteiger partial charge in [-0.15, -0.1) is 0 Å². The van der Waals surface area contributed by atoms with Gasteiger partial charge in [0, 0.05) is 0 Å². The van der Waals surface area contributed by atoms with Gasteiger partial charge >= 0.3 is 6.18 Å². The van der Waals surface area contributed by atoms with Gasteiger partial charge in [-0.2, -0.15) is 18.4 Å². The van der Waals surface area contributed by atoms with Crippen LogP contribution < -0.4 is 5.56 Å². The summed E-state index contributed by atoms with van der Waals surface area (Å²) in [4.78, 5) is 17.4. The number of aromatic nitrogens is 2. The molecule has 1 N–H and O–H groups in total. The van der Waals surface area contributed by atoms with Crippen LogP contribution in [0.5, 0.6) is 0 Å². The van der Waals surface area contributed by atoms with E-state index >= 15 is 0 Å². The molecule has 0 unspecified atom stereocenters. The van der Waals surface area contributed by atoms with E-state index in [1.165, 1.54) is 12.3 Å². The lowest BCUT2D eigenvalue weighted by Gasteiger charge is -2.15. The Bertz CT molecular complexity index is 916. The van der Waals surface area contributed by atoms with Crippen LogP contribution in [0.15, 0.2) is 16.0 Å². The number of aromatic amines is 1. The highest BCUT2D eigenvalue weighted by Crippen LogP contribution is 2.40. The van der Waals surface area contributed by atoms with Crippen LogP contribution in [0.25, 0.3) is 11.3 Å². The predicted molar refractivity (Wildman–Crippen MR) is 71.7 cm³/mol. The normalized spacial score (nSPS) is 11.4. The Morgan fingerprint density at radius 3 is 2.38 bits per heavy atom. The Labute approximate surface area is 134 Å². The van der Waals surface area contributed by atoms with Crippen molar-refractivity contribution >= 4 is 11.8 Å². The van der Waals surface area contributed by atoms with Gasteiger partial charge in [0.05, 0.1) is 11.1 Å². The van der Waals surface area contributed by atoms with Crippen LogP contribution >= 0.6 is 11.8 Å². The zero-order chi connectivity index (χ0) is 18.2. The summed E-state index contributed by atoms with van der Waals surface area (Å²) >= 11 is 0.790. The molecule has 0 radical (unpaired) electrons. The molecule has 0 fully saturated rings. The second kappa shape index (κ2) is 6.20. The molecule has 24 heavy (non-hydrogen) atoms. The molecule has 0 aliphatic rings. The van der Waals surface area contributed by atoms with Crippen LogP contribution in [0.1, 0.15) is 11.1 Å². The molecular formula is C13H5F6N3OS. The average molecular weight is 365 g/mol. The first-order valence-electron chi connectivity index (χ1n) is 5.95. The van der Waals surface area contributed by atoms with Crippen molar-refractivity contribution in [2.75, 3.05) is 6.26 Å². The fourth-order valence-electron chi connectivity index (χ4n) is 1.88. The molecule has 1 aromatic heterocycles. The van der Waals surface area contributed by atoms with E-state index in [1.54, 1.807) is 0 Å². The molecule has 2 aromatic rings. The number of nitrogens with one attached hydrogen (secondary N) is 1. The molecule has 4 nitrogen and oxygen atoms in total. The number of hydrogen-bond donors (Lipinski definition) is 1. The number of alkyl halides is 3. The summed E-state index contributed by atoms with van der Waals surface area (Å²) < 4.78 is 79.9. The van der Waals surface area contributed by atoms with Crippen LogP contribution in [0.4, 0.5) is 26.3 Å². The first-order valence-corrected chi connectivity index (χ1v) is 7.17. The molecule has 0 aliphatic carbocycles. The maximum absolute atomic E-state index is 14.0. The van der Waals surface area contributed by atoms with E-state index in [2.05, 4.69) is 9.97 Å². The average Bonchev–Trinajstić information content (AvgIpc) is 2.50. The van der Waals surface area contributed by atoms with Crippen molar-refractivity contribution in [1.29, 1.82) is 5.26 Å². The summed E-state index contributed by atoms with van der Waals surface area (Å²) in [6, 6.07) is 1.03. The maximum atomic E-state index is 14.0. The van der Waals surface area contributed by atoms with Crippen LogP contribution in [0.3, 0.4) is 0 Å². The van der Waals surface area contributed by atoms with Crippen molar-refractivity contribution < 1.29 is 26.3 Å². The van der Waals surface area contributed by atoms with Gasteiger partial charge < -0.3 is 4.98 Å². The lowest BCUT2D eigenvalue weighted by atomic mass is 9.99. The molecule has 126 valence electrons. The van der Waals surface area contributed by atoms with Crippen LogP contribution in [-0.2, 0) is 6.18 Å². The highest BCUT2D eigenvalue weighted by molar-refractivity contribution is 7.98. The maximum Gasteiger partial charge on any atom is 0.417 e. The molecule has 0 saturated carbocycles. The molecular weight excluding hydrogens is 360 g/mol. The van der Waals surface area contributed by atoms with Crippen molar-refractivity contribution in [3.05, 3.63) is 45.0 Å². The van der Waals surface area contributed by atoms with E-state index in [-0.39, 0.29) is 11.2 Å². The number of nitriles is 1. The van der Waals surface area contributed by atoms with Gasteiger partial charge in [-0.3, -0.25) is 4.79 Å². The lowest BCUT2D eigenvalue weighted by molar-refractivity contribution is -0.137. The SMILES string of the molecule is CSc1nc(-c2c(C(F)(F)F)cc(F)c(F)c2F)c(C#N)c(=O)[nH]1. The van der Waals surface area contributed by atoms with E-state index in [0.29, 0.717) is 0 Å². The molecule has 0 saturated heterocycles. The summed E-state index contributed by atoms with van der Waals surface area (Å²) in [5.74, 6) is -6.42. The van der Waals surface area contributed by atoms with E-state index < -0.39 is 51.6 Å². The molecule has 0 aliphatic heterocycles. The highest BCUT2D eigenvalue weighted by Gasteiger charge is 2.39. The lowest BCUT2D eigenvalue weighted by Crippen LogP contribution is -2.18. The summed E-state index contributed by atoms with van der Waals surface area (Å²) in [6.07, 6.45) is -3.87. The Morgan fingerprint density at radius 2 is 1.88 bits per heavy atom. The highest BCUT2D eigenvalue weighted by atomic mass is 32.2. The smallest absolute Gasteiger partial charge is 0.300 e. The van der Waals surface area contributed by atoms with Crippen LogP contribution in [0.2, 0.25) is 0 Å². The van der Waals surface area contributed by atoms with E-state index in [1.807, 2.05) is 0 Å². The topological polar surface area (TPSA) is 69.5 Å². The first kappa shape index (κ1) is 17.9. The Hall–Kier alpha value is -2.48. The number of benzene rings is 1. The van der Waals surface area contributed by atoms with Gasteiger partial charge in [0.25, 0.3) is 5.56 Å². The first-order chi connectivity index (χ1) is 11.1. The zero-order valence-corrected chi connectivity index (χ0v) is 12.4. The Kier molecular flexibility index (Phi) is 4.61. The molecule has 11 heteroatoms. The molecule has 0 bridgehead atoms. The van der Waals surface area contributed by atoms with E-state index in [0.717, 1.165) is 11.8 Å². The summed E-state index contributed by atoms with van der Waals surface area (Å²) in [5.41, 5.74) is -6.50. The van der Waals surface area contributed by atoms with Gasteiger partial charge in [-0.05, 0) is 12.3 Å². The second-order valence-electron chi connectivity index (χ2n) is 4.32. The molecule has 0 amide bonds. The number of halogens is 6. The molecule has 1 heterocycles. The van der Waals surface area contributed by atoms with E-state index in [9.17, 15) is 31.1 Å². The molecule has 2 rings (SSSR count). The van der Waals surface area contributed by atoms with Gasteiger partial charge in [-0.25, -0.2) is 18.2 Å². The number of hydrogen-bond acceptors (Lipinski definition) is 4. The van der Waals surface area contributed by atoms with Gasteiger partial charge in [-0.1, -0.05) is 11.8 Å². The number of thioether (sulfide) groups is 1. The Morgan fingerprint density at radius 1 is 1.25 bits per heavy atom. The second-order valence-corrected chi connectivity index (χ2v) is 5.11. The summed E-state index contributed by atoms with van der Waals surface area (Å²) in [6.45, 7) is 0. The third kappa shape index (κ3) is 2.96. The minimum absolute atomic E-state index is 0.230. The van der Waals surface area contributed by atoms with Crippen molar-refractivity contribution in [3.8, 4) is 17.3 Å². The van der Waals surface area contributed by atoms with Gasteiger partial charge in [0.2, 0.25) is 0 Å². The summed E-state index contributed by atoms with van der Waals surface area (Å²) in [7, 11) is 0. The largest absolute Gasteiger partial charge is 0.417 e. The fourth-order valence-corrected chi connectivity index (χ4v) is 2.26. The number of nitrogens with zero attached hydrogens (tertiary/aromatic N) is 2. The molecule has 1 aromatic carbocycles. The fraction of sp³-hybridized carbons (Fsp3) is 0.154. The van der Waals surface area contributed by atoms with E-state index in [4.69, 9.17) is 5.26 Å². The molecule has 0 atom stereocenters. The van der Waals surface area contributed by atoms with Crippen LogP contribution in [-0.4, -0.2) is 16.2 Å². The summed E-state index contributed by atoms with van der Waals surface area (Å²) in [5, 5.41) is 8.71. The van der Waals surface area contributed by atoms with Crippen LogP contribution in [0, 0.1) is 28.8 Å². The van der Waals surface area contributed by atoms with Gasteiger partial charge in [0.1, 0.15) is 17.3 Å². The third-order valence-corrected chi connectivity index (χ3v) is 3.49. The standard InChI is InChI=1S/C13H5F6N3OS/c1-24-12-21-10(4(3-20)11(23)22-12)7-5(13(17,18)19)2-6(14)8(15)9(7)16/h2H,1H3,(H,21,22,23). The number of H-pyrrole nitrogens is 1. The van der Waals surface area contributed by atoms with Gasteiger partial charge in [0.15, 0.2) is 22.6 Å². The minimum atomic E-state index is -5.28. The molecule has 0 spiro atoms.